The van der Waals surface area contributed by atoms with Crippen LogP contribution in [-0.2, 0) is 15.7 Å². The standard InChI is InChI=1S/C12H11F4NO2/c1-2-19-11(18)10(17)5-7-3-4-8(6-9(7)13)12(14,15)16/h3-6H,2,17H2,1H3/b10-5-. The van der Waals surface area contributed by atoms with Crippen LogP contribution in [0.25, 0.3) is 6.08 Å². The van der Waals surface area contributed by atoms with Crippen LogP contribution in [-0.4, -0.2) is 12.6 Å². The second kappa shape index (κ2) is 5.73. The Hall–Kier alpha value is -2.05. The topological polar surface area (TPSA) is 52.3 Å². The molecular formula is C12H11F4NO2. The second-order valence-electron chi connectivity index (χ2n) is 3.55. The third-order valence-corrected chi connectivity index (χ3v) is 2.15. The number of rotatable bonds is 3. The number of hydrogen-bond acceptors (Lipinski definition) is 3. The van der Waals surface area contributed by atoms with E-state index in [1.54, 1.807) is 6.92 Å². The maximum Gasteiger partial charge on any atom is 0.416 e. The molecule has 0 aliphatic heterocycles. The van der Waals surface area contributed by atoms with Crippen LogP contribution in [0.5, 0.6) is 0 Å². The maximum atomic E-state index is 13.4. The third kappa shape index (κ3) is 3.97. The van der Waals surface area contributed by atoms with Gasteiger partial charge in [0.25, 0.3) is 0 Å². The molecule has 0 aliphatic carbocycles. The SMILES string of the molecule is CCOC(=O)/C(N)=C/c1ccc(C(F)(F)F)cc1F. The van der Waals surface area contributed by atoms with E-state index in [1.807, 2.05) is 0 Å². The summed E-state index contributed by atoms with van der Waals surface area (Å²) in [5.41, 5.74) is 3.60. The van der Waals surface area contributed by atoms with Gasteiger partial charge in [0, 0.05) is 5.56 Å². The summed E-state index contributed by atoms with van der Waals surface area (Å²) in [6.45, 7) is 1.65. The lowest BCUT2D eigenvalue weighted by Crippen LogP contribution is -2.14. The minimum Gasteiger partial charge on any atom is -0.461 e. The molecule has 0 saturated heterocycles. The number of carbonyl (C=O) groups is 1. The summed E-state index contributed by atoms with van der Waals surface area (Å²) in [6.07, 6.45) is -3.71. The predicted molar refractivity (Wildman–Crippen MR) is 60.2 cm³/mol. The average molecular weight is 277 g/mol. The number of nitrogens with two attached hydrogens (primary N) is 1. The summed E-state index contributed by atoms with van der Waals surface area (Å²) in [4.78, 5) is 11.2. The maximum absolute atomic E-state index is 13.4. The molecule has 0 unspecified atom stereocenters. The molecule has 104 valence electrons. The summed E-state index contributed by atoms with van der Waals surface area (Å²) >= 11 is 0. The van der Waals surface area contributed by atoms with Gasteiger partial charge in [-0.15, -0.1) is 0 Å². The second-order valence-corrected chi connectivity index (χ2v) is 3.55. The third-order valence-electron chi connectivity index (χ3n) is 2.15. The van der Waals surface area contributed by atoms with E-state index in [1.165, 1.54) is 0 Å². The van der Waals surface area contributed by atoms with E-state index < -0.39 is 23.5 Å². The highest BCUT2D eigenvalue weighted by Crippen LogP contribution is 2.30. The zero-order valence-electron chi connectivity index (χ0n) is 9.92. The van der Waals surface area contributed by atoms with Gasteiger partial charge in [-0.05, 0) is 25.1 Å². The zero-order valence-corrected chi connectivity index (χ0v) is 9.92. The molecule has 0 saturated carbocycles. The molecule has 2 N–H and O–H groups in total. The first-order valence-corrected chi connectivity index (χ1v) is 5.26. The Bertz CT molecular complexity index is 509. The Morgan fingerprint density at radius 1 is 1.42 bits per heavy atom. The minimum atomic E-state index is -4.63. The molecular weight excluding hydrogens is 266 g/mol. The number of benzene rings is 1. The fourth-order valence-corrected chi connectivity index (χ4v) is 1.26. The summed E-state index contributed by atoms with van der Waals surface area (Å²) in [6, 6.07) is 1.93. The number of hydrogen-bond donors (Lipinski definition) is 1. The largest absolute Gasteiger partial charge is 0.461 e. The Kier molecular flexibility index (Phi) is 4.52. The molecule has 3 nitrogen and oxygen atoms in total. The van der Waals surface area contributed by atoms with Crippen molar-refractivity contribution in [3.63, 3.8) is 0 Å². The molecule has 7 heteroatoms. The lowest BCUT2D eigenvalue weighted by molar-refractivity contribution is -0.139. The van der Waals surface area contributed by atoms with Gasteiger partial charge in [-0.1, -0.05) is 6.07 Å². The molecule has 0 spiro atoms. The van der Waals surface area contributed by atoms with E-state index in [9.17, 15) is 22.4 Å². The van der Waals surface area contributed by atoms with Gasteiger partial charge < -0.3 is 10.5 Å². The summed E-state index contributed by atoms with van der Waals surface area (Å²) in [5, 5.41) is 0. The van der Waals surface area contributed by atoms with Gasteiger partial charge in [0.1, 0.15) is 11.5 Å². The van der Waals surface area contributed by atoms with Crippen molar-refractivity contribution in [1.82, 2.24) is 0 Å². The highest BCUT2D eigenvalue weighted by molar-refractivity contribution is 5.92. The van der Waals surface area contributed by atoms with Crippen LogP contribution in [0, 0.1) is 5.82 Å². The Labute approximate surface area is 106 Å². The van der Waals surface area contributed by atoms with Crippen molar-refractivity contribution in [3.05, 3.63) is 40.8 Å². The van der Waals surface area contributed by atoms with Crippen LogP contribution in [0.15, 0.2) is 23.9 Å². The van der Waals surface area contributed by atoms with Gasteiger partial charge in [-0.3, -0.25) is 0 Å². The van der Waals surface area contributed by atoms with Gasteiger partial charge in [0.05, 0.1) is 12.2 Å². The molecule has 0 bridgehead atoms. The van der Waals surface area contributed by atoms with Crippen molar-refractivity contribution < 1.29 is 27.1 Å². The lowest BCUT2D eigenvalue weighted by Gasteiger charge is -2.08. The van der Waals surface area contributed by atoms with Gasteiger partial charge in [-0.2, -0.15) is 13.2 Å². The number of halogens is 4. The monoisotopic (exact) mass is 277 g/mol. The first-order chi connectivity index (χ1) is 8.75. The van der Waals surface area contributed by atoms with E-state index in [4.69, 9.17) is 5.73 Å². The summed E-state index contributed by atoms with van der Waals surface area (Å²) in [7, 11) is 0. The molecule has 1 aromatic carbocycles. The van der Waals surface area contributed by atoms with Crippen LogP contribution < -0.4 is 5.73 Å². The Morgan fingerprint density at radius 3 is 2.53 bits per heavy atom. The molecule has 1 rings (SSSR count). The molecule has 0 heterocycles. The first-order valence-electron chi connectivity index (χ1n) is 5.26. The number of esters is 1. The van der Waals surface area contributed by atoms with E-state index in [-0.39, 0.29) is 17.9 Å². The number of carbonyl (C=O) groups excluding carboxylic acids is 1. The van der Waals surface area contributed by atoms with Crippen LogP contribution in [0.3, 0.4) is 0 Å². The molecule has 0 radical (unpaired) electrons. The highest BCUT2D eigenvalue weighted by atomic mass is 19.4. The zero-order chi connectivity index (χ0) is 14.6. The van der Waals surface area contributed by atoms with Gasteiger partial charge in [-0.25, -0.2) is 9.18 Å². The van der Waals surface area contributed by atoms with Crippen molar-refractivity contribution in [2.45, 2.75) is 13.1 Å². The van der Waals surface area contributed by atoms with Gasteiger partial charge in [0.15, 0.2) is 0 Å². The quantitative estimate of drug-likeness (QED) is 0.525. The normalized spacial score (nSPS) is 12.4. The molecule has 0 aromatic heterocycles. The average Bonchev–Trinajstić information content (AvgIpc) is 2.30. The summed E-state index contributed by atoms with van der Waals surface area (Å²) < 4.78 is 54.9. The van der Waals surface area contributed by atoms with Gasteiger partial charge >= 0.3 is 12.1 Å². The first kappa shape index (κ1) is 15.0. The van der Waals surface area contributed by atoms with Crippen LogP contribution in [0.2, 0.25) is 0 Å². The van der Waals surface area contributed by atoms with E-state index in [0.717, 1.165) is 12.1 Å². The fourth-order valence-electron chi connectivity index (χ4n) is 1.26. The van der Waals surface area contributed by atoms with E-state index >= 15 is 0 Å². The highest BCUT2D eigenvalue weighted by Gasteiger charge is 2.31. The summed E-state index contributed by atoms with van der Waals surface area (Å²) in [5.74, 6) is -1.98. The number of ether oxygens (including phenoxy) is 1. The smallest absolute Gasteiger partial charge is 0.416 e. The molecule has 0 aliphatic rings. The Morgan fingerprint density at radius 2 is 2.05 bits per heavy atom. The van der Waals surface area contributed by atoms with E-state index in [2.05, 4.69) is 4.74 Å². The van der Waals surface area contributed by atoms with Crippen molar-refractivity contribution in [2.75, 3.05) is 6.61 Å². The molecule has 1 aromatic rings. The van der Waals surface area contributed by atoms with E-state index in [0.29, 0.717) is 12.1 Å². The molecule has 0 atom stereocenters. The molecule has 0 amide bonds. The van der Waals surface area contributed by atoms with Crippen molar-refractivity contribution in [3.8, 4) is 0 Å². The molecule has 19 heavy (non-hydrogen) atoms. The fraction of sp³-hybridized carbons (Fsp3) is 0.250. The van der Waals surface area contributed by atoms with Crippen molar-refractivity contribution >= 4 is 12.0 Å². The number of alkyl halides is 3. The predicted octanol–water partition coefficient (Wildman–Crippen LogP) is 2.71. The van der Waals surface area contributed by atoms with Gasteiger partial charge in [0.2, 0.25) is 0 Å². The van der Waals surface area contributed by atoms with Crippen molar-refractivity contribution in [1.29, 1.82) is 0 Å². The lowest BCUT2D eigenvalue weighted by atomic mass is 10.1. The van der Waals surface area contributed by atoms with Crippen LogP contribution in [0.4, 0.5) is 17.6 Å². The van der Waals surface area contributed by atoms with Crippen LogP contribution in [0.1, 0.15) is 18.1 Å². The minimum absolute atomic E-state index is 0.0862. The van der Waals surface area contributed by atoms with Crippen molar-refractivity contribution in [2.24, 2.45) is 5.73 Å². The Balaban J connectivity index is 3.04. The van der Waals surface area contributed by atoms with Crippen LogP contribution >= 0.6 is 0 Å². The molecule has 0 fully saturated rings.